The fourth-order valence-corrected chi connectivity index (χ4v) is 2.08. The first-order chi connectivity index (χ1) is 11.4. The summed E-state index contributed by atoms with van der Waals surface area (Å²) in [5.41, 5.74) is 4.91. The lowest BCUT2D eigenvalue weighted by Crippen LogP contribution is -2.30. The molecule has 24 heavy (non-hydrogen) atoms. The van der Waals surface area contributed by atoms with Crippen LogP contribution in [0.25, 0.3) is 0 Å². The monoisotopic (exact) mass is 394 g/mol. The third kappa shape index (κ3) is 4.38. The van der Waals surface area contributed by atoms with Crippen molar-refractivity contribution in [1.82, 2.24) is 15.4 Å². The Hall–Kier alpha value is -2.75. The van der Waals surface area contributed by atoms with Crippen LogP contribution in [-0.4, -0.2) is 26.8 Å². The van der Waals surface area contributed by atoms with E-state index in [9.17, 15) is 14.9 Å². The Balaban J connectivity index is 2.18. The van der Waals surface area contributed by atoms with Crippen LogP contribution >= 0.6 is 15.9 Å². The predicted molar refractivity (Wildman–Crippen MR) is 92.7 cm³/mol. The van der Waals surface area contributed by atoms with Gasteiger partial charge in [0.15, 0.2) is 0 Å². The maximum absolute atomic E-state index is 12.1. The zero-order valence-electron chi connectivity index (χ0n) is 12.9. The number of carbonyl (C=O) groups excluding carboxylic acids is 1. The number of aromatic nitrogens is 2. The smallest absolute Gasteiger partial charge is 0.354 e. The molecule has 0 aliphatic rings. The summed E-state index contributed by atoms with van der Waals surface area (Å²) in [6.45, 7) is 3.66. The first-order valence-electron chi connectivity index (χ1n) is 6.96. The summed E-state index contributed by atoms with van der Waals surface area (Å²) in [4.78, 5) is 30.4. The van der Waals surface area contributed by atoms with Crippen molar-refractivity contribution in [3.05, 3.63) is 50.7 Å². The van der Waals surface area contributed by atoms with Gasteiger partial charge in [0.1, 0.15) is 6.33 Å². The normalized spacial score (nSPS) is 10.3. The number of hydrogen-bond donors (Lipinski definition) is 3. The van der Waals surface area contributed by atoms with E-state index in [1.54, 1.807) is 24.3 Å². The van der Waals surface area contributed by atoms with Crippen molar-refractivity contribution < 1.29 is 9.72 Å². The molecule has 2 rings (SSSR count). The fourth-order valence-electron chi connectivity index (χ4n) is 1.81. The maximum atomic E-state index is 12.1. The Bertz CT molecular complexity index is 751. The number of hydrogen-bond acceptors (Lipinski definition) is 7. The number of rotatable bonds is 6. The number of amides is 1. The quantitative estimate of drug-likeness (QED) is 0.508. The van der Waals surface area contributed by atoms with Crippen LogP contribution in [-0.2, 0) is 0 Å². The lowest BCUT2D eigenvalue weighted by Gasteiger charge is -2.12. The molecule has 1 aromatic heterocycles. The maximum Gasteiger partial charge on any atom is 0.354 e. The van der Waals surface area contributed by atoms with Crippen LogP contribution in [0.4, 0.5) is 17.3 Å². The summed E-state index contributed by atoms with van der Waals surface area (Å²) in [7, 11) is 0. The standard InChI is InChI=1S/C14H15BrN6O3/c1-8(2)18-12-11(21(23)24)13(17-7-16-12)19-20-14(22)9-3-5-10(15)6-4-9/h3-8H,1-2H3,(H,20,22)(H2,16,17,18,19). The van der Waals surface area contributed by atoms with Crippen LogP contribution in [0.3, 0.4) is 0 Å². The SMILES string of the molecule is CC(C)Nc1ncnc(NNC(=O)c2ccc(Br)cc2)c1[N+](=O)[O-]. The number of halogens is 1. The molecule has 0 radical (unpaired) electrons. The highest BCUT2D eigenvalue weighted by molar-refractivity contribution is 9.10. The van der Waals surface area contributed by atoms with Gasteiger partial charge < -0.3 is 5.32 Å². The number of benzene rings is 1. The van der Waals surface area contributed by atoms with Crippen LogP contribution in [0.15, 0.2) is 35.1 Å². The molecule has 10 heteroatoms. The van der Waals surface area contributed by atoms with Gasteiger partial charge in [0.25, 0.3) is 5.91 Å². The van der Waals surface area contributed by atoms with Crippen LogP contribution in [0, 0.1) is 10.1 Å². The highest BCUT2D eigenvalue weighted by atomic mass is 79.9. The van der Waals surface area contributed by atoms with Gasteiger partial charge in [-0.3, -0.25) is 25.8 Å². The van der Waals surface area contributed by atoms with Gasteiger partial charge in [-0.25, -0.2) is 9.97 Å². The Morgan fingerprint density at radius 3 is 2.42 bits per heavy atom. The Labute approximate surface area is 146 Å². The summed E-state index contributed by atoms with van der Waals surface area (Å²) in [5.74, 6) is -0.484. The van der Waals surface area contributed by atoms with E-state index in [1.807, 2.05) is 13.8 Å². The minimum atomic E-state index is -0.612. The molecule has 3 N–H and O–H groups in total. The predicted octanol–water partition coefficient (Wildman–Crippen LogP) is 2.72. The highest BCUT2D eigenvalue weighted by Gasteiger charge is 2.23. The lowest BCUT2D eigenvalue weighted by molar-refractivity contribution is -0.383. The second-order valence-corrected chi connectivity index (χ2v) is 5.98. The fraction of sp³-hybridized carbons (Fsp3) is 0.214. The van der Waals surface area contributed by atoms with Gasteiger partial charge >= 0.3 is 5.69 Å². The zero-order chi connectivity index (χ0) is 17.7. The minimum Gasteiger partial charge on any atom is -0.362 e. The Morgan fingerprint density at radius 2 is 1.83 bits per heavy atom. The number of carbonyl (C=O) groups is 1. The Kier molecular flexibility index (Phi) is 5.64. The summed E-state index contributed by atoms with van der Waals surface area (Å²) in [5, 5.41) is 14.2. The zero-order valence-corrected chi connectivity index (χ0v) is 14.5. The molecule has 0 atom stereocenters. The van der Waals surface area contributed by atoms with Crippen LogP contribution in [0.2, 0.25) is 0 Å². The van der Waals surface area contributed by atoms with Crippen molar-refractivity contribution in [2.24, 2.45) is 0 Å². The average Bonchev–Trinajstić information content (AvgIpc) is 2.52. The topological polar surface area (TPSA) is 122 Å². The number of anilines is 2. The molecular formula is C14H15BrN6O3. The van der Waals surface area contributed by atoms with Crippen molar-refractivity contribution in [3.63, 3.8) is 0 Å². The summed E-state index contributed by atoms with van der Waals surface area (Å²) in [6.07, 6.45) is 1.17. The second kappa shape index (κ2) is 7.68. The molecule has 0 saturated heterocycles. The minimum absolute atomic E-state index is 0.0520. The molecule has 1 amide bonds. The van der Waals surface area contributed by atoms with Gasteiger partial charge in [-0.2, -0.15) is 0 Å². The lowest BCUT2D eigenvalue weighted by atomic mass is 10.2. The molecule has 2 aromatic rings. The number of nitrogens with zero attached hydrogens (tertiary/aromatic N) is 3. The number of nitro groups is 1. The van der Waals surface area contributed by atoms with Crippen LogP contribution in [0.1, 0.15) is 24.2 Å². The van der Waals surface area contributed by atoms with E-state index in [2.05, 4.69) is 42.1 Å². The third-order valence-corrected chi connectivity index (χ3v) is 3.36. The average molecular weight is 395 g/mol. The molecule has 0 saturated carbocycles. The van der Waals surface area contributed by atoms with Gasteiger partial charge in [-0.15, -0.1) is 0 Å². The van der Waals surface area contributed by atoms with Crippen molar-refractivity contribution in [2.75, 3.05) is 10.7 Å². The van der Waals surface area contributed by atoms with Crippen molar-refractivity contribution >= 4 is 39.2 Å². The molecule has 0 aliphatic heterocycles. The molecule has 0 bridgehead atoms. The molecule has 9 nitrogen and oxygen atoms in total. The van der Waals surface area contributed by atoms with Crippen molar-refractivity contribution in [2.45, 2.75) is 19.9 Å². The first kappa shape index (κ1) is 17.6. The van der Waals surface area contributed by atoms with E-state index in [0.29, 0.717) is 5.56 Å². The number of hydrazine groups is 1. The van der Waals surface area contributed by atoms with Crippen LogP contribution < -0.4 is 16.2 Å². The van der Waals surface area contributed by atoms with Gasteiger partial charge in [-0.1, -0.05) is 15.9 Å². The van der Waals surface area contributed by atoms with E-state index in [1.165, 1.54) is 6.33 Å². The van der Waals surface area contributed by atoms with Gasteiger partial charge in [0.05, 0.1) is 4.92 Å². The highest BCUT2D eigenvalue weighted by Crippen LogP contribution is 2.28. The molecule has 0 spiro atoms. The summed E-state index contributed by atoms with van der Waals surface area (Å²) >= 11 is 3.28. The van der Waals surface area contributed by atoms with Crippen molar-refractivity contribution in [3.8, 4) is 0 Å². The van der Waals surface area contributed by atoms with Gasteiger partial charge in [-0.05, 0) is 38.1 Å². The van der Waals surface area contributed by atoms with E-state index >= 15 is 0 Å². The second-order valence-electron chi connectivity index (χ2n) is 5.06. The van der Waals surface area contributed by atoms with Gasteiger partial charge in [0.2, 0.25) is 11.6 Å². The summed E-state index contributed by atoms with van der Waals surface area (Å²) < 4.78 is 0.836. The van der Waals surface area contributed by atoms with Gasteiger partial charge in [0, 0.05) is 16.1 Å². The largest absolute Gasteiger partial charge is 0.362 e. The molecular weight excluding hydrogens is 380 g/mol. The molecule has 126 valence electrons. The molecule has 0 aliphatic carbocycles. The summed E-state index contributed by atoms with van der Waals surface area (Å²) in [6, 6.07) is 6.60. The van der Waals surface area contributed by atoms with E-state index in [-0.39, 0.29) is 23.4 Å². The van der Waals surface area contributed by atoms with E-state index < -0.39 is 10.8 Å². The van der Waals surface area contributed by atoms with Crippen molar-refractivity contribution in [1.29, 1.82) is 0 Å². The number of nitrogens with one attached hydrogen (secondary N) is 3. The first-order valence-corrected chi connectivity index (χ1v) is 7.75. The molecule has 0 unspecified atom stereocenters. The molecule has 1 heterocycles. The molecule has 1 aromatic carbocycles. The van der Waals surface area contributed by atoms with E-state index in [0.717, 1.165) is 4.47 Å². The third-order valence-electron chi connectivity index (χ3n) is 2.83. The molecule has 0 fully saturated rings. The van der Waals surface area contributed by atoms with E-state index in [4.69, 9.17) is 0 Å². The Morgan fingerprint density at radius 1 is 1.21 bits per heavy atom. The van der Waals surface area contributed by atoms with Crippen LogP contribution in [0.5, 0.6) is 0 Å².